The molecule has 1 atom stereocenters. The molecule has 1 rings (SSSR count). The Morgan fingerprint density at radius 3 is 2.46 bits per heavy atom. The van der Waals surface area contributed by atoms with Gasteiger partial charge in [-0.3, -0.25) is 14.4 Å². The van der Waals surface area contributed by atoms with Gasteiger partial charge in [0.15, 0.2) is 0 Å². The molecule has 0 aromatic heterocycles. The molecule has 0 aliphatic carbocycles. The van der Waals surface area contributed by atoms with Crippen LogP contribution in [0.5, 0.6) is 0 Å². The summed E-state index contributed by atoms with van der Waals surface area (Å²) in [6.45, 7) is 5.37. The average molecular weight is 363 g/mol. The maximum Gasteiger partial charge on any atom is 0.306 e. The SMILES string of the molecule is CCNC(C)C(=O)NCCC(=O)NCCCC(=O)OCc1ccccc1. The molecule has 0 spiro atoms. The Hall–Kier alpha value is -2.41. The molecule has 1 unspecified atom stereocenters. The van der Waals surface area contributed by atoms with Crippen molar-refractivity contribution in [3.8, 4) is 0 Å². The van der Waals surface area contributed by atoms with Crippen molar-refractivity contribution in [3.63, 3.8) is 0 Å². The fourth-order valence-electron chi connectivity index (χ4n) is 2.21. The summed E-state index contributed by atoms with van der Waals surface area (Å²) in [6, 6.07) is 9.20. The quantitative estimate of drug-likeness (QED) is 0.382. The second-order valence-corrected chi connectivity index (χ2v) is 5.92. The Morgan fingerprint density at radius 1 is 1.04 bits per heavy atom. The van der Waals surface area contributed by atoms with Gasteiger partial charge in [-0.1, -0.05) is 37.3 Å². The van der Waals surface area contributed by atoms with Crippen LogP contribution in [0.4, 0.5) is 0 Å². The van der Waals surface area contributed by atoms with Gasteiger partial charge in [0.2, 0.25) is 11.8 Å². The number of amides is 2. The summed E-state index contributed by atoms with van der Waals surface area (Å²) in [7, 11) is 0. The first kappa shape index (κ1) is 21.6. The normalized spacial score (nSPS) is 11.5. The molecule has 3 N–H and O–H groups in total. The third kappa shape index (κ3) is 9.78. The standard InChI is InChI=1S/C19H29N3O4/c1-3-20-15(2)19(25)22-13-11-17(23)21-12-7-10-18(24)26-14-16-8-5-4-6-9-16/h4-6,8-9,15,20H,3,7,10-14H2,1-2H3,(H,21,23)(H,22,25). The monoisotopic (exact) mass is 363 g/mol. The minimum Gasteiger partial charge on any atom is -0.461 e. The van der Waals surface area contributed by atoms with Gasteiger partial charge in [0.25, 0.3) is 0 Å². The van der Waals surface area contributed by atoms with E-state index in [4.69, 9.17) is 4.74 Å². The molecular weight excluding hydrogens is 334 g/mol. The van der Waals surface area contributed by atoms with Crippen LogP contribution in [0.1, 0.15) is 38.7 Å². The second kappa shape index (κ2) is 12.9. The van der Waals surface area contributed by atoms with Crippen molar-refractivity contribution in [2.24, 2.45) is 0 Å². The van der Waals surface area contributed by atoms with Crippen LogP contribution in [-0.2, 0) is 25.7 Å². The first-order valence-electron chi connectivity index (χ1n) is 9.00. The molecular formula is C19H29N3O4. The number of benzene rings is 1. The number of ether oxygens (including phenoxy) is 1. The summed E-state index contributed by atoms with van der Waals surface area (Å²) in [5, 5.41) is 8.43. The lowest BCUT2D eigenvalue weighted by atomic mass is 10.2. The molecule has 0 heterocycles. The number of likely N-dealkylation sites (N-methyl/N-ethyl adjacent to an activating group) is 1. The lowest BCUT2D eigenvalue weighted by molar-refractivity contribution is -0.145. The van der Waals surface area contributed by atoms with E-state index < -0.39 is 0 Å². The Kier molecular flexibility index (Phi) is 10.7. The summed E-state index contributed by atoms with van der Waals surface area (Å²) < 4.78 is 5.16. The zero-order valence-electron chi connectivity index (χ0n) is 15.5. The van der Waals surface area contributed by atoms with Crippen molar-refractivity contribution in [2.45, 2.75) is 45.8 Å². The zero-order valence-corrected chi connectivity index (χ0v) is 15.5. The Labute approximate surface area is 154 Å². The highest BCUT2D eigenvalue weighted by Crippen LogP contribution is 2.02. The summed E-state index contributed by atoms with van der Waals surface area (Å²) in [5.41, 5.74) is 0.944. The fourth-order valence-corrected chi connectivity index (χ4v) is 2.21. The van der Waals surface area contributed by atoms with Crippen molar-refractivity contribution in [1.29, 1.82) is 0 Å². The third-order valence-corrected chi connectivity index (χ3v) is 3.68. The van der Waals surface area contributed by atoms with E-state index in [1.54, 1.807) is 6.92 Å². The number of nitrogens with one attached hydrogen (secondary N) is 3. The van der Waals surface area contributed by atoms with Gasteiger partial charge in [-0.25, -0.2) is 0 Å². The highest BCUT2D eigenvalue weighted by Gasteiger charge is 2.11. The van der Waals surface area contributed by atoms with Crippen LogP contribution < -0.4 is 16.0 Å². The first-order valence-corrected chi connectivity index (χ1v) is 9.00. The van der Waals surface area contributed by atoms with E-state index in [0.29, 0.717) is 26.1 Å². The van der Waals surface area contributed by atoms with Crippen molar-refractivity contribution in [2.75, 3.05) is 19.6 Å². The summed E-state index contributed by atoms with van der Waals surface area (Å²) in [5.74, 6) is -0.562. The largest absolute Gasteiger partial charge is 0.461 e. The van der Waals surface area contributed by atoms with E-state index >= 15 is 0 Å². The van der Waals surface area contributed by atoms with Gasteiger partial charge in [0.05, 0.1) is 6.04 Å². The number of rotatable bonds is 12. The Balaban J connectivity index is 2.03. The average Bonchev–Trinajstić information content (AvgIpc) is 2.64. The molecule has 144 valence electrons. The topological polar surface area (TPSA) is 96.5 Å². The van der Waals surface area contributed by atoms with Gasteiger partial charge < -0.3 is 20.7 Å². The molecule has 0 saturated carbocycles. The Morgan fingerprint density at radius 2 is 1.77 bits per heavy atom. The summed E-state index contributed by atoms with van der Waals surface area (Å²) in [6.07, 6.45) is 0.982. The second-order valence-electron chi connectivity index (χ2n) is 5.92. The lowest BCUT2D eigenvalue weighted by Crippen LogP contribution is -2.43. The molecule has 2 amide bonds. The van der Waals surface area contributed by atoms with Crippen LogP contribution in [0.3, 0.4) is 0 Å². The Bertz CT molecular complexity index is 563. The predicted octanol–water partition coefficient (Wildman–Crippen LogP) is 1.13. The van der Waals surface area contributed by atoms with Gasteiger partial charge in [0.1, 0.15) is 6.61 Å². The minimum atomic E-state index is -0.284. The highest BCUT2D eigenvalue weighted by molar-refractivity contribution is 5.82. The van der Waals surface area contributed by atoms with E-state index in [0.717, 1.165) is 5.56 Å². The molecule has 0 bridgehead atoms. The van der Waals surface area contributed by atoms with E-state index in [1.807, 2.05) is 37.3 Å². The molecule has 7 nitrogen and oxygen atoms in total. The summed E-state index contributed by atoms with van der Waals surface area (Å²) >= 11 is 0. The van der Waals surface area contributed by atoms with E-state index in [1.165, 1.54) is 0 Å². The fraction of sp³-hybridized carbons (Fsp3) is 0.526. The van der Waals surface area contributed by atoms with Gasteiger partial charge in [-0.05, 0) is 25.5 Å². The van der Waals surface area contributed by atoms with E-state index in [-0.39, 0.29) is 43.3 Å². The van der Waals surface area contributed by atoms with E-state index in [2.05, 4.69) is 16.0 Å². The van der Waals surface area contributed by atoms with Crippen LogP contribution in [0, 0.1) is 0 Å². The van der Waals surface area contributed by atoms with Crippen molar-refractivity contribution >= 4 is 17.8 Å². The maximum absolute atomic E-state index is 11.7. The molecule has 1 aromatic rings. The van der Waals surface area contributed by atoms with Crippen molar-refractivity contribution in [3.05, 3.63) is 35.9 Å². The van der Waals surface area contributed by atoms with Crippen molar-refractivity contribution < 1.29 is 19.1 Å². The minimum absolute atomic E-state index is 0.124. The molecule has 7 heteroatoms. The molecule has 0 radical (unpaired) electrons. The van der Waals surface area contributed by atoms with Crippen LogP contribution in [-0.4, -0.2) is 43.5 Å². The van der Waals surface area contributed by atoms with Gasteiger partial charge in [-0.15, -0.1) is 0 Å². The lowest BCUT2D eigenvalue weighted by Gasteiger charge is -2.12. The van der Waals surface area contributed by atoms with Crippen LogP contribution in [0.15, 0.2) is 30.3 Å². The smallest absolute Gasteiger partial charge is 0.306 e. The number of carbonyl (C=O) groups excluding carboxylic acids is 3. The highest BCUT2D eigenvalue weighted by atomic mass is 16.5. The molecule has 0 saturated heterocycles. The third-order valence-electron chi connectivity index (χ3n) is 3.68. The molecule has 0 aliphatic heterocycles. The molecule has 1 aromatic carbocycles. The summed E-state index contributed by atoms with van der Waals surface area (Å²) in [4.78, 5) is 35.0. The van der Waals surface area contributed by atoms with Crippen LogP contribution >= 0.6 is 0 Å². The zero-order chi connectivity index (χ0) is 19.2. The first-order chi connectivity index (χ1) is 12.5. The van der Waals surface area contributed by atoms with Gasteiger partial charge >= 0.3 is 5.97 Å². The predicted molar refractivity (Wildman–Crippen MR) is 99.2 cm³/mol. The maximum atomic E-state index is 11.7. The molecule has 0 aliphatic rings. The number of esters is 1. The van der Waals surface area contributed by atoms with Crippen molar-refractivity contribution in [1.82, 2.24) is 16.0 Å². The van der Waals surface area contributed by atoms with E-state index in [9.17, 15) is 14.4 Å². The number of carbonyl (C=O) groups is 3. The molecule has 0 fully saturated rings. The van der Waals surface area contributed by atoms with Gasteiger partial charge in [0, 0.05) is 25.9 Å². The van der Waals surface area contributed by atoms with Crippen LogP contribution in [0.2, 0.25) is 0 Å². The number of hydrogen-bond donors (Lipinski definition) is 3. The van der Waals surface area contributed by atoms with Gasteiger partial charge in [-0.2, -0.15) is 0 Å². The van der Waals surface area contributed by atoms with Crippen LogP contribution in [0.25, 0.3) is 0 Å². The number of hydrogen-bond acceptors (Lipinski definition) is 5. The molecule has 26 heavy (non-hydrogen) atoms.